The summed E-state index contributed by atoms with van der Waals surface area (Å²) in [7, 11) is 1.34. The number of methoxy groups -OCH3 is 1. The number of hydrogen-bond acceptors (Lipinski definition) is 4. The van der Waals surface area contributed by atoms with Crippen molar-refractivity contribution in [3.05, 3.63) is 64.9 Å². The second-order valence-corrected chi connectivity index (χ2v) is 6.79. The molecule has 6 nitrogen and oxygen atoms in total. The molecule has 2 aromatic carbocycles. The first-order valence-electron chi connectivity index (χ1n) is 8.88. The molecule has 1 atom stereocenters. The Balaban J connectivity index is 1.67. The van der Waals surface area contributed by atoms with Crippen LogP contribution in [0.3, 0.4) is 0 Å². The van der Waals surface area contributed by atoms with Crippen LogP contribution >= 0.6 is 11.6 Å². The SMILES string of the molecule is COC(=O)C(c1ccccc1Cl)N1CCN(C(=O)Nc2ccccc2F)CC1. The third-order valence-corrected chi connectivity index (χ3v) is 5.05. The average molecular weight is 406 g/mol. The lowest BCUT2D eigenvalue weighted by Gasteiger charge is -2.38. The maximum absolute atomic E-state index is 13.7. The minimum atomic E-state index is -0.643. The molecular formula is C20H21ClFN3O3. The number of amides is 2. The van der Waals surface area contributed by atoms with E-state index in [1.165, 1.54) is 19.2 Å². The number of esters is 1. The predicted molar refractivity (Wildman–Crippen MR) is 105 cm³/mol. The molecule has 0 aliphatic carbocycles. The van der Waals surface area contributed by atoms with Crippen molar-refractivity contribution in [2.75, 3.05) is 38.6 Å². The summed E-state index contributed by atoms with van der Waals surface area (Å²) in [4.78, 5) is 28.3. The Hall–Kier alpha value is -2.64. The third-order valence-electron chi connectivity index (χ3n) is 4.71. The number of benzene rings is 2. The minimum Gasteiger partial charge on any atom is -0.468 e. The van der Waals surface area contributed by atoms with Gasteiger partial charge in [0.1, 0.15) is 11.9 Å². The van der Waals surface area contributed by atoms with Crippen molar-refractivity contribution in [3.63, 3.8) is 0 Å². The number of para-hydroxylation sites is 1. The summed E-state index contributed by atoms with van der Waals surface area (Å²) in [6, 6.07) is 12.1. The van der Waals surface area contributed by atoms with Gasteiger partial charge in [-0.2, -0.15) is 0 Å². The van der Waals surface area contributed by atoms with Crippen LogP contribution in [0.25, 0.3) is 0 Å². The van der Waals surface area contributed by atoms with Gasteiger partial charge >= 0.3 is 12.0 Å². The standard InChI is InChI=1S/C20H21ClFN3O3/c1-28-19(26)18(14-6-2-3-7-15(14)21)24-10-12-25(13-11-24)20(27)23-17-9-5-4-8-16(17)22/h2-9,18H,10-13H2,1H3,(H,23,27). The zero-order valence-corrected chi connectivity index (χ0v) is 16.2. The Morgan fingerprint density at radius 3 is 2.36 bits per heavy atom. The summed E-state index contributed by atoms with van der Waals surface area (Å²) in [5.41, 5.74) is 0.804. The number of halogens is 2. The van der Waals surface area contributed by atoms with Gasteiger partial charge in [-0.15, -0.1) is 0 Å². The molecule has 3 rings (SSSR count). The molecule has 28 heavy (non-hydrogen) atoms. The average Bonchev–Trinajstić information content (AvgIpc) is 2.71. The second-order valence-electron chi connectivity index (χ2n) is 6.38. The molecule has 1 heterocycles. The molecule has 1 saturated heterocycles. The van der Waals surface area contributed by atoms with Crippen LogP contribution in [0.4, 0.5) is 14.9 Å². The quantitative estimate of drug-likeness (QED) is 0.790. The number of hydrogen-bond donors (Lipinski definition) is 1. The molecule has 1 fully saturated rings. The fraction of sp³-hybridized carbons (Fsp3) is 0.300. The van der Waals surface area contributed by atoms with E-state index >= 15 is 0 Å². The first-order valence-corrected chi connectivity index (χ1v) is 9.26. The molecule has 0 radical (unpaired) electrons. The fourth-order valence-corrected chi connectivity index (χ4v) is 3.46. The highest BCUT2D eigenvalue weighted by molar-refractivity contribution is 6.31. The third kappa shape index (κ3) is 4.43. The topological polar surface area (TPSA) is 61.9 Å². The van der Waals surface area contributed by atoms with Crippen LogP contribution in [-0.4, -0.2) is 55.1 Å². The summed E-state index contributed by atoms with van der Waals surface area (Å²) in [5.74, 6) is -0.892. The Bertz CT molecular complexity index is 856. The van der Waals surface area contributed by atoms with E-state index in [1.54, 1.807) is 35.2 Å². The Morgan fingerprint density at radius 2 is 1.71 bits per heavy atom. The number of rotatable bonds is 4. The van der Waals surface area contributed by atoms with Crippen molar-refractivity contribution in [1.29, 1.82) is 0 Å². The molecule has 1 aliphatic heterocycles. The van der Waals surface area contributed by atoms with Gasteiger partial charge in [-0.3, -0.25) is 4.90 Å². The lowest BCUT2D eigenvalue weighted by atomic mass is 10.0. The van der Waals surface area contributed by atoms with Gasteiger partial charge < -0.3 is 15.0 Å². The number of nitrogens with one attached hydrogen (secondary N) is 1. The minimum absolute atomic E-state index is 0.137. The van der Waals surface area contributed by atoms with Gasteiger partial charge in [-0.05, 0) is 23.8 Å². The zero-order chi connectivity index (χ0) is 20.1. The fourth-order valence-electron chi connectivity index (χ4n) is 3.22. The van der Waals surface area contributed by atoms with Gasteiger partial charge in [0.15, 0.2) is 0 Å². The molecule has 1 unspecified atom stereocenters. The van der Waals surface area contributed by atoms with Gasteiger partial charge in [0.25, 0.3) is 0 Å². The van der Waals surface area contributed by atoms with Crippen molar-refractivity contribution in [1.82, 2.24) is 9.80 Å². The predicted octanol–water partition coefficient (Wildman–Crippen LogP) is 3.54. The molecule has 2 amide bonds. The van der Waals surface area contributed by atoms with Crippen molar-refractivity contribution >= 4 is 29.3 Å². The number of ether oxygens (including phenoxy) is 1. The Kier molecular flexibility index (Phi) is 6.49. The molecule has 0 bridgehead atoms. The van der Waals surface area contributed by atoms with Gasteiger partial charge in [-0.1, -0.05) is 41.9 Å². The van der Waals surface area contributed by atoms with Gasteiger partial charge in [-0.25, -0.2) is 14.0 Å². The number of carbonyl (C=O) groups excluding carboxylic acids is 2. The smallest absolute Gasteiger partial charge is 0.327 e. The van der Waals surface area contributed by atoms with Gasteiger partial charge in [0.2, 0.25) is 0 Å². The molecule has 0 saturated carbocycles. The number of urea groups is 1. The van der Waals surface area contributed by atoms with Crippen LogP contribution in [0.2, 0.25) is 5.02 Å². The van der Waals surface area contributed by atoms with Crippen molar-refractivity contribution in [3.8, 4) is 0 Å². The summed E-state index contributed by atoms with van der Waals surface area (Å²) in [6.07, 6.45) is 0. The largest absolute Gasteiger partial charge is 0.468 e. The maximum atomic E-state index is 13.7. The number of carbonyl (C=O) groups is 2. The molecule has 1 aliphatic rings. The number of piperazine rings is 1. The van der Waals surface area contributed by atoms with E-state index in [2.05, 4.69) is 5.32 Å². The van der Waals surface area contributed by atoms with Crippen LogP contribution in [0.1, 0.15) is 11.6 Å². The Labute approximate surface area is 167 Å². The molecule has 148 valence electrons. The summed E-state index contributed by atoms with van der Waals surface area (Å²) < 4.78 is 18.7. The lowest BCUT2D eigenvalue weighted by molar-refractivity contribution is -0.148. The highest BCUT2D eigenvalue weighted by atomic mass is 35.5. The van der Waals surface area contributed by atoms with E-state index < -0.39 is 17.8 Å². The van der Waals surface area contributed by atoms with Crippen LogP contribution in [-0.2, 0) is 9.53 Å². The maximum Gasteiger partial charge on any atom is 0.327 e. The number of nitrogens with zero attached hydrogens (tertiary/aromatic N) is 2. The van der Waals surface area contributed by atoms with Crippen LogP contribution < -0.4 is 5.32 Å². The van der Waals surface area contributed by atoms with E-state index in [1.807, 2.05) is 11.0 Å². The van der Waals surface area contributed by atoms with E-state index in [4.69, 9.17) is 16.3 Å². The monoisotopic (exact) mass is 405 g/mol. The van der Waals surface area contributed by atoms with Crippen LogP contribution in [0, 0.1) is 5.82 Å². The van der Waals surface area contributed by atoms with Crippen LogP contribution in [0.5, 0.6) is 0 Å². The number of anilines is 1. The Morgan fingerprint density at radius 1 is 1.07 bits per heavy atom. The van der Waals surface area contributed by atoms with Crippen molar-refractivity contribution < 1.29 is 18.7 Å². The van der Waals surface area contributed by atoms with Gasteiger partial charge in [0.05, 0.1) is 12.8 Å². The first kappa shape index (κ1) is 20.1. The van der Waals surface area contributed by atoms with E-state index in [0.29, 0.717) is 36.8 Å². The molecule has 8 heteroatoms. The van der Waals surface area contributed by atoms with Gasteiger partial charge in [0, 0.05) is 31.2 Å². The molecular weight excluding hydrogens is 385 g/mol. The molecule has 0 aromatic heterocycles. The zero-order valence-electron chi connectivity index (χ0n) is 15.4. The highest BCUT2D eigenvalue weighted by Crippen LogP contribution is 2.29. The highest BCUT2D eigenvalue weighted by Gasteiger charge is 2.33. The summed E-state index contributed by atoms with van der Waals surface area (Å²) in [6.45, 7) is 1.68. The van der Waals surface area contributed by atoms with Crippen molar-refractivity contribution in [2.45, 2.75) is 6.04 Å². The van der Waals surface area contributed by atoms with Crippen molar-refractivity contribution in [2.24, 2.45) is 0 Å². The normalized spacial score (nSPS) is 15.8. The van der Waals surface area contributed by atoms with E-state index in [9.17, 15) is 14.0 Å². The molecule has 0 spiro atoms. The lowest BCUT2D eigenvalue weighted by Crippen LogP contribution is -2.52. The second kappa shape index (κ2) is 9.03. The molecule has 1 N–H and O–H groups in total. The summed E-state index contributed by atoms with van der Waals surface area (Å²) in [5, 5.41) is 3.06. The van der Waals surface area contributed by atoms with E-state index in [-0.39, 0.29) is 11.7 Å². The molecule has 2 aromatic rings. The van der Waals surface area contributed by atoms with Crippen LogP contribution in [0.15, 0.2) is 48.5 Å². The van der Waals surface area contributed by atoms with E-state index in [0.717, 1.165) is 0 Å². The first-order chi connectivity index (χ1) is 13.5. The summed E-state index contributed by atoms with van der Waals surface area (Å²) >= 11 is 6.28.